The van der Waals surface area contributed by atoms with Gasteiger partial charge in [-0.05, 0) is 30.7 Å². The number of hydrogen-bond acceptors (Lipinski definition) is 4. The summed E-state index contributed by atoms with van der Waals surface area (Å²) in [5.41, 5.74) is 5.67. The van der Waals surface area contributed by atoms with Gasteiger partial charge in [0.25, 0.3) is 0 Å². The van der Waals surface area contributed by atoms with Crippen LogP contribution in [0.3, 0.4) is 0 Å². The number of amides is 1. The average Bonchev–Trinajstić information content (AvgIpc) is 3.34. The molecule has 2 aromatic heterocycles. The second kappa shape index (κ2) is 7.55. The van der Waals surface area contributed by atoms with Gasteiger partial charge in [-0.3, -0.25) is 9.89 Å². The van der Waals surface area contributed by atoms with Gasteiger partial charge in [0.05, 0.1) is 22.8 Å². The second-order valence-corrected chi connectivity index (χ2v) is 7.29. The molecule has 4 rings (SSSR count). The average molecular weight is 374 g/mol. The number of aromatic nitrogens is 3. The fourth-order valence-corrected chi connectivity index (χ4v) is 3.48. The molecule has 0 fully saturated rings. The Morgan fingerprint density at radius 3 is 2.67 bits per heavy atom. The number of carbonyl (C=O) groups is 1. The summed E-state index contributed by atoms with van der Waals surface area (Å²) in [5.74, 6) is -0.0472. The van der Waals surface area contributed by atoms with Gasteiger partial charge in [-0.25, -0.2) is 4.98 Å². The van der Waals surface area contributed by atoms with Crippen LogP contribution in [-0.4, -0.2) is 21.1 Å². The summed E-state index contributed by atoms with van der Waals surface area (Å²) in [4.78, 5) is 16.9. The molecule has 2 aromatic carbocycles. The van der Waals surface area contributed by atoms with Crippen molar-refractivity contribution in [1.82, 2.24) is 15.2 Å². The molecule has 0 bridgehead atoms. The first-order chi connectivity index (χ1) is 13.2. The first-order valence-electron chi connectivity index (χ1n) is 8.58. The molecule has 134 valence electrons. The van der Waals surface area contributed by atoms with Crippen LogP contribution in [0, 0.1) is 6.92 Å². The zero-order valence-corrected chi connectivity index (χ0v) is 15.6. The predicted octanol–water partition coefficient (Wildman–Crippen LogP) is 4.69. The Hall–Kier alpha value is -3.25. The Balaban J connectivity index is 1.41. The highest BCUT2D eigenvalue weighted by Gasteiger charge is 2.07. The van der Waals surface area contributed by atoms with E-state index in [1.807, 2.05) is 66.9 Å². The zero-order valence-electron chi connectivity index (χ0n) is 14.8. The lowest BCUT2D eigenvalue weighted by atomic mass is 10.1. The van der Waals surface area contributed by atoms with Gasteiger partial charge in [0.15, 0.2) is 0 Å². The summed E-state index contributed by atoms with van der Waals surface area (Å²) < 4.78 is 0. The Labute approximate surface area is 161 Å². The fraction of sp³-hybridized carbons (Fsp3) is 0.0952. The number of thiazole rings is 1. The summed E-state index contributed by atoms with van der Waals surface area (Å²) in [7, 11) is 0. The number of nitrogens with zero attached hydrogens (tertiary/aromatic N) is 2. The molecule has 5 nitrogen and oxygen atoms in total. The summed E-state index contributed by atoms with van der Waals surface area (Å²) in [6, 6.07) is 17.6. The lowest BCUT2D eigenvalue weighted by Gasteiger charge is -2.07. The Morgan fingerprint density at radius 1 is 1.11 bits per heavy atom. The van der Waals surface area contributed by atoms with Crippen LogP contribution in [0.2, 0.25) is 0 Å². The minimum absolute atomic E-state index is 0.0472. The number of hydrogen-bond donors (Lipinski definition) is 2. The molecule has 0 radical (unpaired) electrons. The maximum atomic E-state index is 12.4. The van der Waals surface area contributed by atoms with E-state index in [2.05, 4.69) is 20.5 Å². The number of anilines is 1. The van der Waals surface area contributed by atoms with Crippen molar-refractivity contribution in [3.8, 4) is 22.5 Å². The maximum absolute atomic E-state index is 12.4. The SMILES string of the molecule is Cc1nc(-c2ccc(CC(=O)Nc3cccc(-c4ccn[nH]4)c3)cc2)cs1. The molecule has 0 saturated carbocycles. The predicted molar refractivity (Wildman–Crippen MR) is 109 cm³/mol. The number of nitrogens with one attached hydrogen (secondary N) is 2. The van der Waals surface area contributed by atoms with E-state index in [1.165, 1.54) is 0 Å². The molecule has 1 amide bonds. The minimum Gasteiger partial charge on any atom is -0.326 e. The van der Waals surface area contributed by atoms with Gasteiger partial charge >= 0.3 is 0 Å². The molecule has 0 aliphatic heterocycles. The molecule has 27 heavy (non-hydrogen) atoms. The summed E-state index contributed by atoms with van der Waals surface area (Å²) in [6.45, 7) is 1.99. The van der Waals surface area contributed by atoms with E-state index in [0.29, 0.717) is 6.42 Å². The monoisotopic (exact) mass is 374 g/mol. The van der Waals surface area contributed by atoms with Crippen molar-refractivity contribution in [2.24, 2.45) is 0 Å². The number of benzene rings is 2. The van der Waals surface area contributed by atoms with Crippen LogP contribution in [0.4, 0.5) is 5.69 Å². The van der Waals surface area contributed by atoms with Crippen LogP contribution in [0.15, 0.2) is 66.2 Å². The Bertz CT molecular complexity index is 1050. The number of aromatic amines is 1. The molecule has 0 atom stereocenters. The van der Waals surface area contributed by atoms with Crippen LogP contribution in [0.5, 0.6) is 0 Å². The van der Waals surface area contributed by atoms with Crippen LogP contribution in [0.25, 0.3) is 22.5 Å². The van der Waals surface area contributed by atoms with E-state index >= 15 is 0 Å². The minimum atomic E-state index is -0.0472. The third kappa shape index (κ3) is 4.12. The lowest BCUT2D eigenvalue weighted by Crippen LogP contribution is -2.14. The molecule has 6 heteroatoms. The van der Waals surface area contributed by atoms with E-state index in [0.717, 1.165) is 38.8 Å². The van der Waals surface area contributed by atoms with Crippen molar-refractivity contribution in [2.45, 2.75) is 13.3 Å². The van der Waals surface area contributed by atoms with Crippen molar-refractivity contribution in [2.75, 3.05) is 5.32 Å². The summed E-state index contributed by atoms with van der Waals surface area (Å²) >= 11 is 1.63. The number of rotatable bonds is 5. The third-order valence-electron chi connectivity index (χ3n) is 4.19. The number of H-pyrrole nitrogens is 1. The van der Waals surface area contributed by atoms with Crippen LogP contribution >= 0.6 is 11.3 Å². The first kappa shape index (κ1) is 17.2. The first-order valence-corrected chi connectivity index (χ1v) is 9.46. The molecule has 0 aliphatic rings. The zero-order chi connectivity index (χ0) is 18.6. The molecular weight excluding hydrogens is 356 g/mol. The van der Waals surface area contributed by atoms with Crippen LogP contribution in [0.1, 0.15) is 10.6 Å². The van der Waals surface area contributed by atoms with Gasteiger partial charge in [-0.2, -0.15) is 5.10 Å². The largest absolute Gasteiger partial charge is 0.326 e. The van der Waals surface area contributed by atoms with E-state index in [1.54, 1.807) is 17.5 Å². The van der Waals surface area contributed by atoms with Crippen molar-refractivity contribution >= 4 is 22.9 Å². The topological polar surface area (TPSA) is 70.7 Å². The second-order valence-electron chi connectivity index (χ2n) is 6.22. The highest BCUT2D eigenvalue weighted by atomic mass is 32.1. The van der Waals surface area contributed by atoms with Crippen molar-refractivity contribution < 1.29 is 4.79 Å². The van der Waals surface area contributed by atoms with Gasteiger partial charge in [0.2, 0.25) is 5.91 Å². The van der Waals surface area contributed by atoms with Gasteiger partial charge in [0, 0.05) is 28.4 Å². The van der Waals surface area contributed by atoms with Gasteiger partial charge in [-0.1, -0.05) is 36.4 Å². The third-order valence-corrected chi connectivity index (χ3v) is 4.96. The molecule has 2 N–H and O–H groups in total. The summed E-state index contributed by atoms with van der Waals surface area (Å²) in [5, 5.41) is 12.9. The molecule has 0 spiro atoms. The van der Waals surface area contributed by atoms with Crippen molar-refractivity contribution in [1.29, 1.82) is 0 Å². The molecule has 0 saturated heterocycles. The maximum Gasteiger partial charge on any atom is 0.228 e. The lowest BCUT2D eigenvalue weighted by molar-refractivity contribution is -0.115. The summed E-state index contributed by atoms with van der Waals surface area (Å²) in [6.07, 6.45) is 2.03. The van der Waals surface area contributed by atoms with Gasteiger partial charge in [0.1, 0.15) is 0 Å². The van der Waals surface area contributed by atoms with E-state index in [-0.39, 0.29) is 5.91 Å². The van der Waals surface area contributed by atoms with Crippen LogP contribution < -0.4 is 5.32 Å². The molecular formula is C21H18N4OS. The Kier molecular flexibility index (Phi) is 4.80. The molecule has 2 heterocycles. The number of carbonyl (C=O) groups excluding carboxylic acids is 1. The highest BCUT2D eigenvalue weighted by Crippen LogP contribution is 2.23. The smallest absolute Gasteiger partial charge is 0.228 e. The molecule has 4 aromatic rings. The van der Waals surface area contributed by atoms with Gasteiger partial charge in [-0.15, -0.1) is 11.3 Å². The van der Waals surface area contributed by atoms with E-state index in [9.17, 15) is 4.79 Å². The van der Waals surface area contributed by atoms with E-state index < -0.39 is 0 Å². The fourth-order valence-electron chi connectivity index (χ4n) is 2.86. The van der Waals surface area contributed by atoms with Crippen molar-refractivity contribution in [3.05, 3.63) is 76.7 Å². The Morgan fingerprint density at radius 2 is 1.96 bits per heavy atom. The molecule has 0 aliphatic carbocycles. The highest BCUT2D eigenvalue weighted by molar-refractivity contribution is 7.09. The number of aryl methyl sites for hydroxylation is 1. The standard InChI is InChI=1S/C21H18N4OS/c1-14-23-20(13-27-14)16-7-5-15(6-8-16)11-21(26)24-18-4-2-3-17(12-18)19-9-10-22-25-19/h2-10,12-13H,11H2,1H3,(H,22,25)(H,24,26). The van der Waals surface area contributed by atoms with Gasteiger partial charge < -0.3 is 5.32 Å². The molecule has 0 unspecified atom stereocenters. The normalized spacial score (nSPS) is 10.7. The van der Waals surface area contributed by atoms with Crippen LogP contribution in [-0.2, 0) is 11.2 Å². The van der Waals surface area contributed by atoms with E-state index in [4.69, 9.17) is 0 Å². The quantitative estimate of drug-likeness (QED) is 0.532. The van der Waals surface area contributed by atoms with Crippen molar-refractivity contribution in [3.63, 3.8) is 0 Å².